The van der Waals surface area contributed by atoms with Crippen LogP contribution in [0.4, 0.5) is 13.6 Å². The van der Waals surface area contributed by atoms with E-state index in [0.29, 0.717) is 0 Å². The number of aliphatic hydroxyl groups excluding tert-OH is 2. The summed E-state index contributed by atoms with van der Waals surface area (Å²) >= 11 is 2.88. The molecule has 134 valence electrons. The lowest BCUT2D eigenvalue weighted by Gasteiger charge is -2.20. The van der Waals surface area contributed by atoms with Crippen LogP contribution >= 0.6 is 15.9 Å². The fourth-order valence-corrected chi connectivity index (χ4v) is 2.43. The molecule has 0 aromatic heterocycles. The molecule has 3 N–H and O–H groups in total. The molecule has 5 nitrogen and oxygen atoms in total. The zero-order valence-corrected chi connectivity index (χ0v) is 14.5. The van der Waals surface area contributed by atoms with Crippen molar-refractivity contribution in [2.45, 2.75) is 18.8 Å². The lowest BCUT2D eigenvalue weighted by molar-refractivity contribution is 0.0142. The molecular weight excluding hydrogens is 400 g/mol. The van der Waals surface area contributed by atoms with Gasteiger partial charge in [0.1, 0.15) is 30.4 Å². The highest BCUT2D eigenvalue weighted by molar-refractivity contribution is 9.10. The van der Waals surface area contributed by atoms with Gasteiger partial charge in [-0.25, -0.2) is 13.6 Å². The van der Waals surface area contributed by atoms with Crippen LogP contribution in [0.15, 0.2) is 46.9 Å². The molecule has 25 heavy (non-hydrogen) atoms. The summed E-state index contributed by atoms with van der Waals surface area (Å²) in [7, 11) is 0. The molecule has 0 heterocycles. The molecule has 0 aliphatic rings. The van der Waals surface area contributed by atoms with E-state index in [1.54, 1.807) is 24.3 Å². The molecule has 2 aromatic rings. The SMILES string of the molecule is O=C(NCC(O)C(O)c1c(F)ccc(Br)c1F)OCc1ccccc1. The topological polar surface area (TPSA) is 78.8 Å². The van der Waals surface area contributed by atoms with Crippen LogP contribution in [0.3, 0.4) is 0 Å². The third-order valence-electron chi connectivity index (χ3n) is 3.41. The first kappa shape index (κ1) is 19.3. The predicted molar refractivity (Wildman–Crippen MR) is 89.7 cm³/mol. The minimum Gasteiger partial charge on any atom is -0.445 e. The first-order valence-electron chi connectivity index (χ1n) is 7.34. The Balaban J connectivity index is 1.88. The van der Waals surface area contributed by atoms with E-state index in [1.165, 1.54) is 0 Å². The van der Waals surface area contributed by atoms with E-state index in [1.807, 2.05) is 6.07 Å². The molecule has 0 radical (unpaired) electrons. The van der Waals surface area contributed by atoms with Crippen molar-refractivity contribution in [3.05, 3.63) is 69.7 Å². The second-order valence-corrected chi connectivity index (χ2v) is 6.07. The van der Waals surface area contributed by atoms with Gasteiger partial charge in [0.25, 0.3) is 0 Å². The second-order valence-electron chi connectivity index (χ2n) is 5.21. The number of alkyl carbamates (subject to hydrolysis) is 1. The Hall–Kier alpha value is -2.03. The molecule has 0 fully saturated rings. The van der Waals surface area contributed by atoms with Crippen LogP contribution in [-0.2, 0) is 11.3 Å². The minimum atomic E-state index is -1.85. The van der Waals surface area contributed by atoms with Gasteiger partial charge in [-0.2, -0.15) is 0 Å². The van der Waals surface area contributed by atoms with Gasteiger partial charge in [-0.3, -0.25) is 0 Å². The van der Waals surface area contributed by atoms with Crippen molar-refractivity contribution in [2.24, 2.45) is 0 Å². The van der Waals surface area contributed by atoms with E-state index in [-0.39, 0.29) is 11.1 Å². The number of halogens is 3. The largest absolute Gasteiger partial charge is 0.445 e. The van der Waals surface area contributed by atoms with Crippen LogP contribution in [0.25, 0.3) is 0 Å². The summed E-state index contributed by atoms with van der Waals surface area (Å²) in [6, 6.07) is 11.0. The first-order valence-corrected chi connectivity index (χ1v) is 8.13. The van der Waals surface area contributed by atoms with Gasteiger partial charge in [0.05, 0.1) is 10.0 Å². The summed E-state index contributed by atoms with van der Waals surface area (Å²) in [6.45, 7) is -0.416. The summed E-state index contributed by atoms with van der Waals surface area (Å²) in [6.07, 6.45) is -4.31. The van der Waals surface area contributed by atoms with Crippen molar-refractivity contribution in [1.82, 2.24) is 5.32 Å². The molecule has 2 atom stereocenters. The number of ether oxygens (including phenoxy) is 1. The van der Waals surface area contributed by atoms with E-state index in [0.717, 1.165) is 17.7 Å². The summed E-state index contributed by atoms with van der Waals surface area (Å²) in [5.74, 6) is -2.02. The Kier molecular flexibility index (Phi) is 6.86. The molecular formula is C17H16BrF2NO4. The maximum absolute atomic E-state index is 13.9. The van der Waals surface area contributed by atoms with E-state index in [4.69, 9.17) is 4.74 Å². The third kappa shape index (κ3) is 5.22. The summed E-state index contributed by atoms with van der Waals surface area (Å²) in [4.78, 5) is 11.6. The van der Waals surface area contributed by atoms with E-state index in [9.17, 15) is 23.8 Å². The smallest absolute Gasteiger partial charge is 0.407 e. The predicted octanol–water partition coefficient (Wildman–Crippen LogP) is 3.05. The van der Waals surface area contributed by atoms with Crippen molar-refractivity contribution in [2.75, 3.05) is 6.54 Å². The summed E-state index contributed by atoms with van der Waals surface area (Å²) < 4.78 is 32.5. The fraction of sp³-hybridized carbons (Fsp3) is 0.235. The van der Waals surface area contributed by atoms with Gasteiger partial charge in [0, 0.05) is 6.54 Å². The quantitative estimate of drug-likeness (QED) is 0.633. The maximum Gasteiger partial charge on any atom is 0.407 e. The van der Waals surface area contributed by atoms with Gasteiger partial charge in [-0.05, 0) is 33.6 Å². The Morgan fingerprint density at radius 1 is 1.16 bits per heavy atom. The van der Waals surface area contributed by atoms with Crippen molar-refractivity contribution in [3.63, 3.8) is 0 Å². The molecule has 8 heteroatoms. The number of aliphatic hydroxyl groups is 2. The van der Waals surface area contributed by atoms with Crippen molar-refractivity contribution in [1.29, 1.82) is 0 Å². The standard InChI is InChI=1S/C17H16BrF2NO4/c18-11-6-7-12(19)14(15(11)20)16(23)13(22)8-21-17(24)25-9-10-4-2-1-3-5-10/h1-7,13,16,22-23H,8-9H2,(H,21,24). The van der Waals surface area contributed by atoms with Gasteiger partial charge in [0.2, 0.25) is 0 Å². The molecule has 0 aliphatic carbocycles. The number of benzene rings is 2. The van der Waals surface area contributed by atoms with Crippen LogP contribution in [0.1, 0.15) is 17.2 Å². The summed E-state index contributed by atoms with van der Waals surface area (Å²) in [5, 5.41) is 22.1. The van der Waals surface area contributed by atoms with Gasteiger partial charge >= 0.3 is 6.09 Å². The summed E-state index contributed by atoms with van der Waals surface area (Å²) in [5.41, 5.74) is 0.0952. The number of carbonyl (C=O) groups is 1. The highest BCUT2D eigenvalue weighted by Crippen LogP contribution is 2.28. The van der Waals surface area contributed by atoms with E-state index in [2.05, 4.69) is 21.2 Å². The molecule has 1 amide bonds. The molecule has 0 aliphatic heterocycles. The molecule has 2 rings (SSSR count). The zero-order chi connectivity index (χ0) is 18.4. The number of hydrogen-bond acceptors (Lipinski definition) is 4. The Morgan fingerprint density at radius 2 is 1.84 bits per heavy atom. The van der Waals surface area contributed by atoms with Gasteiger partial charge in [0.15, 0.2) is 0 Å². The van der Waals surface area contributed by atoms with Gasteiger partial charge in [-0.15, -0.1) is 0 Å². The minimum absolute atomic E-state index is 0.0280. The molecule has 0 saturated carbocycles. The van der Waals surface area contributed by atoms with Crippen molar-refractivity contribution >= 4 is 22.0 Å². The Bertz CT molecular complexity index is 730. The Morgan fingerprint density at radius 3 is 2.52 bits per heavy atom. The van der Waals surface area contributed by atoms with Crippen molar-refractivity contribution < 1.29 is 28.5 Å². The number of amides is 1. The zero-order valence-electron chi connectivity index (χ0n) is 13.0. The molecule has 0 spiro atoms. The van der Waals surface area contributed by atoms with Gasteiger partial charge in [-0.1, -0.05) is 30.3 Å². The van der Waals surface area contributed by atoms with Crippen LogP contribution < -0.4 is 5.32 Å². The highest BCUT2D eigenvalue weighted by atomic mass is 79.9. The highest BCUT2D eigenvalue weighted by Gasteiger charge is 2.26. The van der Waals surface area contributed by atoms with Crippen LogP contribution in [0.5, 0.6) is 0 Å². The average molecular weight is 416 g/mol. The van der Waals surface area contributed by atoms with Crippen LogP contribution in [0, 0.1) is 11.6 Å². The number of hydrogen-bond donors (Lipinski definition) is 3. The number of carbonyl (C=O) groups excluding carboxylic acids is 1. The van der Waals surface area contributed by atoms with E-state index < -0.39 is 42.0 Å². The third-order valence-corrected chi connectivity index (χ3v) is 4.02. The van der Waals surface area contributed by atoms with Crippen LogP contribution in [0.2, 0.25) is 0 Å². The van der Waals surface area contributed by atoms with Gasteiger partial charge < -0.3 is 20.3 Å². The fourth-order valence-electron chi connectivity index (χ4n) is 2.08. The second kappa shape index (κ2) is 8.89. The lowest BCUT2D eigenvalue weighted by Crippen LogP contribution is -2.36. The normalized spacial score (nSPS) is 13.2. The lowest BCUT2D eigenvalue weighted by atomic mass is 10.0. The van der Waals surface area contributed by atoms with Crippen molar-refractivity contribution in [3.8, 4) is 0 Å². The first-order chi connectivity index (χ1) is 11.9. The maximum atomic E-state index is 13.9. The molecule has 2 unspecified atom stereocenters. The molecule has 0 bridgehead atoms. The van der Waals surface area contributed by atoms with E-state index >= 15 is 0 Å². The molecule has 0 saturated heterocycles. The van der Waals surface area contributed by atoms with Crippen LogP contribution in [-0.4, -0.2) is 29.0 Å². The average Bonchev–Trinajstić information content (AvgIpc) is 2.62. The molecule has 2 aromatic carbocycles. The monoisotopic (exact) mass is 415 g/mol. The Labute approximate surface area is 151 Å². The number of nitrogens with one attached hydrogen (secondary N) is 1. The number of rotatable bonds is 6.